The summed E-state index contributed by atoms with van der Waals surface area (Å²) >= 11 is 5.97. The fraction of sp³-hybridized carbons (Fsp3) is 0.562. The number of carbonyl (C=O) groups is 1. The zero-order valence-electron chi connectivity index (χ0n) is 13.8. The molecule has 0 saturated carbocycles. The van der Waals surface area contributed by atoms with Crippen LogP contribution in [0.1, 0.15) is 20.3 Å². The van der Waals surface area contributed by atoms with Crippen molar-refractivity contribution in [2.45, 2.75) is 20.3 Å². The first kappa shape index (κ1) is 18.6. The average molecular weight is 328 g/mol. The van der Waals surface area contributed by atoms with Crippen molar-refractivity contribution in [1.29, 1.82) is 0 Å². The van der Waals surface area contributed by atoms with Crippen molar-refractivity contribution < 1.29 is 9.53 Å². The highest BCUT2D eigenvalue weighted by molar-refractivity contribution is 6.30. The molecular formula is C16H26ClN3O2. The highest BCUT2D eigenvalue weighted by Crippen LogP contribution is 2.27. The van der Waals surface area contributed by atoms with Crippen molar-refractivity contribution in [3.05, 3.63) is 23.2 Å². The molecular weight excluding hydrogens is 302 g/mol. The minimum absolute atomic E-state index is 0.0754. The Kier molecular flexibility index (Phi) is 6.97. The molecule has 3 N–H and O–H groups in total. The van der Waals surface area contributed by atoms with Gasteiger partial charge in [0.25, 0.3) is 0 Å². The van der Waals surface area contributed by atoms with Gasteiger partial charge in [-0.3, -0.25) is 4.79 Å². The van der Waals surface area contributed by atoms with Crippen molar-refractivity contribution in [3.63, 3.8) is 0 Å². The fourth-order valence-corrected chi connectivity index (χ4v) is 2.28. The predicted molar refractivity (Wildman–Crippen MR) is 91.6 cm³/mol. The van der Waals surface area contributed by atoms with Gasteiger partial charge in [0.1, 0.15) is 5.75 Å². The van der Waals surface area contributed by atoms with Gasteiger partial charge in [0, 0.05) is 31.6 Å². The Morgan fingerprint density at radius 1 is 1.45 bits per heavy atom. The van der Waals surface area contributed by atoms with E-state index in [0.717, 1.165) is 5.69 Å². The van der Waals surface area contributed by atoms with Crippen LogP contribution in [0.25, 0.3) is 0 Å². The first-order chi connectivity index (χ1) is 10.3. The van der Waals surface area contributed by atoms with E-state index in [9.17, 15) is 4.79 Å². The molecule has 0 aliphatic carbocycles. The molecule has 0 heterocycles. The van der Waals surface area contributed by atoms with E-state index in [0.29, 0.717) is 36.8 Å². The molecule has 0 aliphatic heterocycles. The number of benzene rings is 1. The molecule has 0 aromatic heterocycles. The van der Waals surface area contributed by atoms with Gasteiger partial charge in [-0.25, -0.2) is 0 Å². The van der Waals surface area contributed by atoms with Crippen LogP contribution in [0.2, 0.25) is 5.02 Å². The number of carbonyl (C=O) groups excluding carboxylic acids is 1. The maximum Gasteiger partial charge on any atom is 0.224 e. The van der Waals surface area contributed by atoms with Gasteiger partial charge in [-0.2, -0.15) is 0 Å². The quantitative estimate of drug-likeness (QED) is 0.770. The molecule has 1 rings (SSSR count). The molecule has 0 aliphatic rings. The summed E-state index contributed by atoms with van der Waals surface area (Å²) in [6.07, 6.45) is 0.396. The molecule has 5 nitrogen and oxygen atoms in total. The van der Waals surface area contributed by atoms with E-state index in [-0.39, 0.29) is 11.3 Å². The number of rotatable bonds is 8. The lowest BCUT2D eigenvalue weighted by Gasteiger charge is -2.29. The number of hydrogen-bond acceptors (Lipinski definition) is 4. The van der Waals surface area contributed by atoms with Crippen LogP contribution < -0.4 is 15.8 Å². The van der Waals surface area contributed by atoms with Crippen molar-refractivity contribution in [1.82, 2.24) is 4.90 Å². The van der Waals surface area contributed by atoms with Crippen LogP contribution in [-0.2, 0) is 4.79 Å². The summed E-state index contributed by atoms with van der Waals surface area (Å²) in [6, 6.07) is 5.34. The molecule has 0 atom stereocenters. The SMILES string of the molecule is COc1ccc(Cl)cc1NCCC(=O)N(C)CC(C)(C)CN. The number of amides is 1. The molecule has 22 heavy (non-hydrogen) atoms. The van der Waals surface area contributed by atoms with Gasteiger partial charge >= 0.3 is 0 Å². The van der Waals surface area contributed by atoms with Gasteiger partial charge in [-0.15, -0.1) is 0 Å². The lowest BCUT2D eigenvalue weighted by Crippen LogP contribution is -2.40. The van der Waals surface area contributed by atoms with Gasteiger partial charge in [0.15, 0.2) is 0 Å². The topological polar surface area (TPSA) is 67.6 Å². The molecule has 6 heteroatoms. The monoisotopic (exact) mass is 327 g/mol. The van der Waals surface area contributed by atoms with E-state index in [1.54, 1.807) is 37.3 Å². The van der Waals surface area contributed by atoms with E-state index in [1.807, 2.05) is 13.8 Å². The lowest BCUT2D eigenvalue weighted by molar-refractivity contribution is -0.130. The number of ether oxygens (including phenoxy) is 1. The maximum absolute atomic E-state index is 12.1. The molecule has 0 saturated heterocycles. The number of nitrogens with one attached hydrogen (secondary N) is 1. The van der Waals surface area contributed by atoms with Gasteiger partial charge in [0.05, 0.1) is 12.8 Å². The molecule has 0 spiro atoms. The van der Waals surface area contributed by atoms with Crippen LogP contribution in [0.3, 0.4) is 0 Å². The van der Waals surface area contributed by atoms with E-state index in [1.165, 1.54) is 0 Å². The van der Waals surface area contributed by atoms with Crippen LogP contribution in [0.4, 0.5) is 5.69 Å². The third kappa shape index (κ3) is 5.73. The van der Waals surface area contributed by atoms with Crippen LogP contribution in [-0.4, -0.2) is 44.6 Å². The number of anilines is 1. The average Bonchev–Trinajstić information content (AvgIpc) is 2.47. The predicted octanol–water partition coefficient (Wildman–Crippen LogP) is 2.59. The van der Waals surface area contributed by atoms with Crippen LogP contribution >= 0.6 is 11.6 Å². The zero-order valence-corrected chi connectivity index (χ0v) is 14.5. The number of halogens is 1. The highest BCUT2D eigenvalue weighted by Gasteiger charge is 2.20. The third-order valence-corrected chi connectivity index (χ3v) is 3.69. The molecule has 1 aromatic rings. The van der Waals surface area contributed by atoms with E-state index in [4.69, 9.17) is 22.1 Å². The van der Waals surface area contributed by atoms with Crippen LogP contribution in [0.5, 0.6) is 5.75 Å². The summed E-state index contributed by atoms with van der Waals surface area (Å²) < 4.78 is 5.26. The summed E-state index contributed by atoms with van der Waals surface area (Å²) in [4.78, 5) is 13.9. The minimum Gasteiger partial charge on any atom is -0.495 e. The van der Waals surface area contributed by atoms with E-state index >= 15 is 0 Å². The largest absolute Gasteiger partial charge is 0.495 e. The molecule has 1 amide bonds. The Morgan fingerprint density at radius 3 is 2.73 bits per heavy atom. The van der Waals surface area contributed by atoms with E-state index < -0.39 is 0 Å². The van der Waals surface area contributed by atoms with E-state index in [2.05, 4.69) is 5.32 Å². The fourth-order valence-electron chi connectivity index (χ4n) is 2.11. The number of hydrogen-bond donors (Lipinski definition) is 2. The van der Waals surface area contributed by atoms with Crippen LogP contribution in [0.15, 0.2) is 18.2 Å². The summed E-state index contributed by atoms with van der Waals surface area (Å²) in [5, 5.41) is 3.81. The number of methoxy groups -OCH3 is 1. The smallest absolute Gasteiger partial charge is 0.224 e. The number of nitrogens with two attached hydrogens (primary N) is 1. The highest BCUT2D eigenvalue weighted by atomic mass is 35.5. The first-order valence-corrected chi connectivity index (χ1v) is 7.68. The molecule has 0 bridgehead atoms. The third-order valence-electron chi connectivity index (χ3n) is 3.46. The normalized spacial score (nSPS) is 11.2. The van der Waals surface area contributed by atoms with Crippen molar-refractivity contribution in [2.75, 3.05) is 39.1 Å². The second-order valence-corrected chi connectivity index (χ2v) is 6.58. The molecule has 124 valence electrons. The van der Waals surface area contributed by atoms with Crippen LogP contribution in [0, 0.1) is 5.41 Å². The Morgan fingerprint density at radius 2 is 2.14 bits per heavy atom. The Bertz CT molecular complexity index is 506. The van der Waals surface area contributed by atoms with Crippen molar-refractivity contribution in [3.8, 4) is 5.75 Å². The minimum atomic E-state index is -0.0754. The first-order valence-electron chi connectivity index (χ1n) is 7.30. The second-order valence-electron chi connectivity index (χ2n) is 6.14. The van der Waals surface area contributed by atoms with Gasteiger partial charge in [-0.1, -0.05) is 25.4 Å². The molecule has 0 unspecified atom stereocenters. The van der Waals surface area contributed by atoms with Crippen molar-refractivity contribution in [2.24, 2.45) is 11.1 Å². The van der Waals surface area contributed by atoms with Gasteiger partial charge in [0.2, 0.25) is 5.91 Å². The Labute approximate surface area is 137 Å². The summed E-state index contributed by atoms with van der Waals surface area (Å²) in [6.45, 7) is 5.80. The summed E-state index contributed by atoms with van der Waals surface area (Å²) in [5.74, 6) is 0.782. The van der Waals surface area contributed by atoms with Crippen molar-refractivity contribution >= 4 is 23.2 Å². The summed E-state index contributed by atoms with van der Waals surface area (Å²) in [5.41, 5.74) is 6.41. The standard InChI is InChI=1S/C16H26ClN3O2/c1-16(2,10-18)11-20(3)15(21)7-8-19-13-9-12(17)5-6-14(13)22-4/h5-6,9,19H,7-8,10-11,18H2,1-4H3. The maximum atomic E-state index is 12.1. The second kappa shape index (κ2) is 8.25. The van der Waals surface area contributed by atoms with Gasteiger partial charge < -0.3 is 20.7 Å². The molecule has 1 aromatic carbocycles. The zero-order chi connectivity index (χ0) is 16.8. The molecule has 0 radical (unpaired) electrons. The lowest BCUT2D eigenvalue weighted by atomic mass is 9.93. The number of nitrogens with zero attached hydrogens (tertiary/aromatic N) is 1. The van der Waals surface area contributed by atoms with Gasteiger partial charge in [-0.05, 0) is 30.2 Å². The Balaban J connectivity index is 2.50. The summed E-state index contributed by atoms with van der Waals surface area (Å²) in [7, 11) is 3.40. The molecule has 0 fully saturated rings. The Hall–Kier alpha value is -1.46.